The number of hydrogen-bond acceptors (Lipinski definition) is 21. The Balaban J connectivity index is 0.649. The lowest BCUT2D eigenvalue weighted by atomic mass is 9.70. The molecule has 0 radical (unpaired) electrons. The van der Waals surface area contributed by atoms with Gasteiger partial charge in [-0.1, -0.05) is 99.5 Å². The number of hydrogen-bond donors (Lipinski definition) is 6. The average Bonchev–Trinajstić information content (AvgIpc) is 0.883. The quantitative estimate of drug-likeness (QED) is 0.0162. The van der Waals surface area contributed by atoms with Crippen molar-refractivity contribution in [2.45, 2.75) is 124 Å². The van der Waals surface area contributed by atoms with Gasteiger partial charge in [0.1, 0.15) is 23.6 Å². The Hall–Kier alpha value is -7.53. The Morgan fingerprint density at radius 3 is 2.13 bits per heavy atom. The molecule has 3 fully saturated rings. The van der Waals surface area contributed by atoms with Crippen molar-refractivity contribution >= 4 is 101 Å². The summed E-state index contributed by atoms with van der Waals surface area (Å²) in [4.78, 5) is 80.9. The predicted octanol–water partition coefficient (Wildman–Crippen LogP) is 9.78. The topological polar surface area (TPSA) is 297 Å². The van der Waals surface area contributed by atoms with E-state index in [1.807, 2.05) is 104 Å². The molecule has 1 aliphatic carbocycles. The summed E-state index contributed by atoms with van der Waals surface area (Å²) in [6.45, 7) is 17.9. The summed E-state index contributed by atoms with van der Waals surface area (Å²) in [5, 5.41) is 23.2. The van der Waals surface area contributed by atoms with Crippen LogP contribution in [0, 0.1) is 17.8 Å². The van der Waals surface area contributed by atoms with E-state index in [1.54, 1.807) is 49.8 Å². The fourth-order valence-electron chi connectivity index (χ4n) is 13.8. The van der Waals surface area contributed by atoms with Crippen molar-refractivity contribution in [2.24, 2.45) is 10.8 Å². The van der Waals surface area contributed by atoms with E-state index in [2.05, 4.69) is 41.0 Å². The lowest BCUT2D eigenvalue weighted by Gasteiger charge is -2.40. The second-order valence-electron chi connectivity index (χ2n) is 29.3. The second-order valence-corrected chi connectivity index (χ2v) is 35.3. The third-order valence-electron chi connectivity index (χ3n) is 20.1. The number of aryl methyl sites for hydroxylation is 1. The van der Waals surface area contributed by atoms with Crippen LogP contribution in [-0.2, 0) is 58.0 Å². The van der Waals surface area contributed by atoms with Gasteiger partial charge in [-0.25, -0.2) is 26.5 Å². The van der Waals surface area contributed by atoms with Crippen LogP contribution in [0.5, 0.6) is 0 Å². The van der Waals surface area contributed by atoms with Crippen molar-refractivity contribution in [3.05, 3.63) is 160 Å². The number of morpholine rings is 1. The Morgan fingerprint density at radius 1 is 0.809 bits per heavy atom. The number of ether oxygens (including phenoxy) is 4. The number of carbonyl (C=O) groups is 5. The number of alkyl halides is 3. The molecule has 1 aromatic heterocycles. The summed E-state index contributed by atoms with van der Waals surface area (Å²) < 4.78 is 122. The van der Waals surface area contributed by atoms with Crippen molar-refractivity contribution in [3.63, 3.8) is 0 Å². The first-order chi connectivity index (χ1) is 52.3. The number of thiazole rings is 1. The molecule has 6 N–H and O–H groups in total. The molecule has 4 heterocycles. The van der Waals surface area contributed by atoms with Gasteiger partial charge in [-0.3, -0.25) is 33.8 Å². The first-order valence-electron chi connectivity index (χ1n) is 36.8. The maximum atomic E-state index is 14.4. The zero-order valence-electron chi connectivity index (χ0n) is 62.6. The van der Waals surface area contributed by atoms with Crippen molar-refractivity contribution in [1.82, 2.24) is 40.4 Å². The number of likely N-dealkylation sites (tertiary alicyclic amines) is 1. The fraction of sp³-hybridized carbons (Fsp3) is 0.487. The zero-order chi connectivity index (χ0) is 79.0. The van der Waals surface area contributed by atoms with Gasteiger partial charge in [-0.2, -0.15) is 13.2 Å². The van der Waals surface area contributed by atoms with Crippen molar-refractivity contribution in [3.8, 4) is 10.4 Å². The summed E-state index contributed by atoms with van der Waals surface area (Å²) in [5.74, 6) is -2.28. The van der Waals surface area contributed by atoms with Crippen molar-refractivity contribution in [1.29, 1.82) is 0 Å². The van der Waals surface area contributed by atoms with E-state index in [4.69, 9.17) is 30.5 Å². The van der Waals surface area contributed by atoms with E-state index in [0.717, 1.165) is 61.1 Å². The molecular weight excluding hydrogens is 1520 g/mol. The van der Waals surface area contributed by atoms with E-state index >= 15 is 0 Å². The molecule has 6 aromatic rings. The number of aliphatic hydroxyl groups excluding tert-OH is 1. The lowest BCUT2D eigenvalue weighted by Crippen LogP contribution is -2.58. The van der Waals surface area contributed by atoms with Gasteiger partial charge in [0.05, 0.1) is 90.5 Å². The maximum Gasteiger partial charge on any atom is 0.501 e. The number of sulfonamides is 1. The molecule has 5 aromatic carbocycles. The fourth-order valence-corrected chi connectivity index (χ4v) is 17.7. The number of piperazine rings is 1. The molecule has 10 rings (SSSR count). The van der Waals surface area contributed by atoms with Gasteiger partial charge >= 0.3 is 5.51 Å². The SMILES string of the molecule is Cc1ncsc1-c1ccc([C@H](C)NC(=O)[C@@H]2C[C@@H](O)CN2C(=O)[C@@H](NC(=O)COCCOCCOCCNC(=O)C2(C)CCC(c3ccc(Cl)cc3)=C(CN3CCN(c4ccc(C(=O)NS(=O)(=O)c5ccc(N[C@H](CCN6CCOCC6)CSc6ccccc6)c(S(=O)(=O)C(F)(F)F)c5)cc4)CC3)C2)C(C)(C)C)cc1. The lowest BCUT2D eigenvalue weighted by molar-refractivity contribution is -0.144. The Morgan fingerprint density at radius 2 is 1.47 bits per heavy atom. The van der Waals surface area contributed by atoms with Crippen LogP contribution in [0.2, 0.25) is 5.02 Å². The molecule has 32 heteroatoms. The van der Waals surface area contributed by atoms with Gasteiger partial charge in [0.15, 0.2) is 0 Å². The van der Waals surface area contributed by atoms with Crippen LogP contribution in [-0.4, -0.2) is 225 Å². The maximum absolute atomic E-state index is 14.4. The van der Waals surface area contributed by atoms with Crippen LogP contribution in [0.15, 0.2) is 147 Å². The van der Waals surface area contributed by atoms with Crippen molar-refractivity contribution in [2.75, 3.05) is 134 Å². The van der Waals surface area contributed by atoms with Gasteiger partial charge in [0, 0.05) is 105 Å². The molecule has 3 aliphatic heterocycles. The normalized spacial score (nSPS) is 19.2. The molecule has 0 bridgehead atoms. The molecule has 4 aliphatic rings. The summed E-state index contributed by atoms with van der Waals surface area (Å²) >= 11 is 9.31. The highest BCUT2D eigenvalue weighted by Gasteiger charge is 2.49. The number of amides is 5. The number of β-amino-alcohol motifs (C(OH)–C–C–N with tert-alkyl or cyclic N) is 1. The first kappa shape index (κ1) is 84.9. The standard InChI is InChI=1S/C78H98ClF3N10O14S4/c1-52(54-12-14-56(15-13-54)70-53(2)84-51-108-70)85-73(96)67-44-62(93)48-92(67)74(97)71(76(3,4)5)87-69(94)49-106-43-42-105-41-40-103-37-29-83-75(98)77(6)28-26-65(55-16-20-59(79)21-17-55)58(46-77)47-90-31-33-91(34-32-90)61-22-18-57(19-23-61)72(95)88-110(101,102)64-24-25-66(68(45-64)109(99,100)78(80,81)82)86-60(27-30-89-35-38-104-39-36-89)50-107-63-10-8-7-9-11-63/h7-25,45,51-52,60,62,67,71,86,93H,26-44,46-50H2,1-6H3,(H,83,98)(H,85,96)(H,87,94)(H,88,95)/t52-,60+,62+,67-,71+,77?/m0/s1. The van der Waals surface area contributed by atoms with Crippen LogP contribution < -0.4 is 30.9 Å². The highest BCUT2D eigenvalue weighted by molar-refractivity contribution is 7.99. The summed E-state index contributed by atoms with van der Waals surface area (Å²) in [6, 6.07) is 30.5. The van der Waals surface area contributed by atoms with Gasteiger partial charge < -0.3 is 55.1 Å². The Bertz CT molecular complexity index is 4390. The third kappa shape index (κ3) is 22.9. The van der Waals surface area contributed by atoms with Gasteiger partial charge in [0.25, 0.3) is 25.8 Å². The molecule has 24 nitrogen and oxygen atoms in total. The number of thioether (sulfide) groups is 1. The van der Waals surface area contributed by atoms with Crippen molar-refractivity contribution < 1.29 is 78.0 Å². The van der Waals surface area contributed by atoms with E-state index in [0.29, 0.717) is 108 Å². The largest absolute Gasteiger partial charge is 0.501 e. The Kier molecular flexibility index (Phi) is 29.6. The van der Waals surface area contributed by atoms with Gasteiger partial charge in [-0.15, -0.1) is 23.1 Å². The third-order valence-corrected chi connectivity index (χ3v) is 25.3. The van der Waals surface area contributed by atoms with Crippen LogP contribution in [0.4, 0.5) is 24.5 Å². The number of nitrogens with one attached hydrogen (secondary N) is 5. The molecule has 5 amide bonds. The molecule has 3 saturated heterocycles. The van der Waals surface area contributed by atoms with Crippen LogP contribution in [0.3, 0.4) is 0 Å². The monoisotopic (exact) mass is 1620 g/mol. The minimum absolute atomic E-state index is 0.0500. The van der Waals surface area contributed by atoms with E-state index in [-0.39, 0.29) is 70.6 Å². The molecule has 0 saturated carbocycles. The smallest absolute Gasteiger partial charge is 0.391 e. The number of aromatic nitrogens is 1. The highest BCUT2D eigenvalue weighted by Crippen LogP contribution is 2.44. The van der Waals surface area contributed by atoms with Crippen LogP contribution in [0.25, 0.3) is 16.0 Å². The summed E-state index contributed by atoms with van der Waals surface area (Å²) in [7, 11) is -11.1. The summed E-state index contributed by atoms with van der Waals surface area (Å²) in [5.41, 5.74) is 0.893. The number of nitrogens with zero attached hydrogens (tertiary/aromatic N) is 5. The van der Waals surface area contributed by atoms with Crippen LogP contribution in [0.1, 0.15) is 99.9 Å². The number of benzene rings is 5. The van der Waals surface area contributed by atoms with E-state index in [9.17, 15) is 59.1 Å². The van der Waals surface area contributed by atoms with Crippen LogP contribution >= 0.6 is 34.7 Å². The number of sulfone groups is 1. The van der Waals surface area contributed by atoms with E-state index < -0.39 is 106 Å². The van der Waals surface area contributed by atoms with E-state index in [1.165, 1.54) is 28.8 Å². The number of halogens is 4. The van der Waals surface area contributed by atoms with Gasteiger partial charge in [-0.05, 0) is 134 Å². The second kappa shape index (κ2) is 38.3. The highest BCUT2D eigenvalue weighted by atomic mass is 35.5. The number of carbonyl (C=O) groups excluding carboxylic acids is 5. The number of aliphatic hydroxyl groups is 1. The minimum atomic E-state index is -6.12. The molecule has 596 valence electrons. The number of allylic oxidation sites excluding steroid dienone is 1. The molecule has 110 heavy (non-hydrogen) atoms. The minimum Gasteiger partial charge on any atom is -0.391 e. The predicted molar refractivity (Wildman–Crippen MR) is 418 cm³/mol. The molecule has 0 spiro atoms. The summed E-state index contributed by atoms with van der Waals surface area (Å²) in [6.07, 6.45) is 1.28. The number of anilines is 2. The average molecular weight is 1620 g/mol. The number of rotatable bonds is 34. The van der Waals surface area contributed by atoms with Gasteiger partial charge in [0.2, 0.25) is 23.6 Å². The zero-order valence-corrected chi connectivity index (χ0v) is 66.6. The molecule has 1 unspecified atom stereocenters. The first-order valence-corrected chi connectivity index (χ1v) is 42.0. The molecular formula is C78H98ClF3N10O14S4. The Labute approximate surface area is 654 Å². The molecule has 6 atom stereocenters.